The third-order valence-corrected chi connectivity index (χ3v) is 3.56. The monoisotopic (exact) mass is 337 g/mol. The first-order valence-electron chi connectivity index (χ1n) is 7.39. The third-order valence-electron chi connectivity index (χ3n) is 3.56. The second kappa shape index (κ2) is 6.44. The molecule has 25 heavy (non-hydrogen) atoms. The Morgan fingerprint density at radius 1 is 1.16 bits per heavy atom. The van der Waals surface area contributed by atoms with Crippen LogP contribution in [0.1, 0.15) is 16.1 Å². The summed E-state index contributed by atoms with van der Waals surface area (Å²) in [5, 5.41) is 20.0. The number of nitrogens with zero attached hydrogens (tertiary/aromatic N) is 3. The van der Waals surface area contributed by atoms with Gasteiger partial charge in [0.25, 0.3) is 5.56 Å². The molecule has 0 saturated carbocycles. The number of aromatic carboxylic acids is 1. The predicted molar refractivity (Wildman–Crippen MR) is 93.1 cm³/mol. The minimum atomic E-state index is -1.11. The van der Waals surface area contributed by atoms with Crippen molar-refractivity contribution in [2.24, 2.45) is 10.2 Å². The van der Waals surface area contributed by atoms with Gasteiger partial charge in [0.05, 0.1) is 16.9 Å². The average molecular weight is 337 g/mol. The van der Waals surface area contributed by atoms with Gasteiger partial charge in [-0.2, -0.15) is 0 Å². The molecule has 0 spiro atoms. The largest absolute Gasteiger partial charge is 0.478 e. The lowest BCUT2D eigenvalue weighted by atomic mass is 10.2. The standard InChI is InChI=1S/C17H15N5O3/c1-10-15(20-19-14-8-3-2-7-13(14)17(24)25)16(23)22(21-10)12-6-4-5-11(18)9-12/h2-9,21H,18H2,1H3,(H,24,25). The second-order valence-electron chi connectivity index (χ2n) is 5.34. The summed E-state index contributed by atoms with van der Waals surface area (Å²) in [6.07, 6.45) is 0. The maximum atomic E-state index is 12.6. The fourth-order valence-corrected chi connectivity index (χ4v) is 2.35. The minimum Gasteiger partial charge on any atom is -0.478 e. The van der Waals surface area contributed by atoms with Crippen molar-refractivity contribution in [3.05, 3.63) is 70.1 Å². The number of azo groups is 1. The number of benzene rings is 2. The number of carbonyl (C=O) groups is 1. The van der Waals surface area contributed by atoms with Gasteiger partial charge in [0.1, 0.15) is 5.69 Å². The van der Waals surface area contributed by atoms with E-state index in [0.29, 0.717) is 17.1 Å². The molecule has 0 aliphatic rings. The number of hydrogen-bond donors (Lipinski definition) is 3. The molecule has 126 valence electrons. The number of rotatable bonds is 4. The van der Waals surface area contributed by atoms with Crippen molar-refractivity contribution < 1.29 is 9.90 Å². The van der Waals surface area contributed by atoms with Crippen LogP contribution in [0, 0.1) is 6.92 Å². The van der Waals surface area contributed by atoms with E-state index < -0.39 is 11.5 Å². The van der Waals surface area contributed by atoms with Crippen LogP contribution in [0.3, 0.4) is 0 Å². The van der Waals surface area contributed by atoms with E-state index in [0.717, 1.165) is 0 Å². The van der Waals surface area contributed by atoms with E-state index in [4.69, 9.17) is 10.8 Å². The number of nitrogens with two attached hydrogens (primary N) is 1. The average Bonchev–Trinajstić information content (AvgIpc) is 2.87. The number of nitrogen functional groups attached to an aromatic ring is 1. The number of hydrogen-bond acceptors (Lipinski definition) is 5. The van der Waals surface area contributed by atoms with Crippen LogP contribution in [-0.2, 0) is 0 Å². The molecule has 0 fully saturated rings. The van der Waals surface area contributed by atoms with Crippen molar-refractivity contribution in [2.45, 2.75) is 6.92 Å². The van der Waals surface area contributed by atoms with Gasteiger partial charge in [0.15, 0.2) is 5.69 Å². The molecule has 0 bridgehead atoms. The zero-order valence-electron chi connectivity index (χ0n) is 13.3. The predicted octanol–water partition coefficient (Wildman–Crippen LogP) is 3.17. The first-order valence-corrected chi connectivity index (χ1v) is 7.39. The highest BCUT2D eigenvalue weighted by molar-refractivity contribution is 5.93. The molecule has 1 heterocycles. The second-order valence-corrected chi connectivity index (χ2v) is 5.34. The molecular weight excluding hydrogens is 322 g/mol. The summed E-state index contributed by atoms with van der Waals surface area (Å²) >= 11 is 0. The van der Waals surface area contributed by atoms with Gasteiger partial charge in [-0.25, -0.2) is 9.48 Å². The van der Waals surface area contributed by atoms with Crippen LogP contribution in [0.25, 0.3) is 5.69 Å². The Morgan fingerprint density at radius 3 is 2.64 bits per heavy atom. The van der Waals surface area contributed by atoms with E-state index in [1.807, 2.05) is 0 Å². The van der Waals surface area contributed by atoms with Crippen molar-refractivity contribution in [1.82, 2.24) is 9.78 Å². The number of aromatic amines is 1. The maximum Gasteiger partial charge on any atom is 0.337 e. The lowest BCUT2D eigenvalue weighted by Gasteiger charge is -2.01. The highest BCUT2D eigenvalue weighted by atomic mass is 16.4. The Morgan fingerprint density at radius 2 is 1.92 bits per heavy atom. The normalized spacial score (nSPS) is 11.1. The summed E-state index contributed by atoms with van der Waals surface area (Å²) in [5.74, 6) is -1.11. The molecule has 0 amide bonds. The summed E-state index contributed by atoms with van der Waals surface area (Å²) in [6, 6.07) is 13.0. The van der Waals surface area contributed by atoms with Crippen molar-refractivity contribution in [3.63, 3.8) is 0 Å². The number of nitrogens with one attached hydrogen (secondary N) is 1. The first kappa shape index (κ1) is 16.2. The minimum absolute atomic E-state index is 0.00981. The summed E-state index contributed by atoms with van der Waals surface area (Å²) < 4.78 is 1.31. The van der Waals surface area contributed by atoms with E-state index in [1.54, 1.807) is 43.3 Å². The molecular formula is C17H15N5O3. The molecule has 0 atom stereocenters. The van der Waals surface area contributed by atoms with E-state index >= 15 is 0 Å². The highest BCUT2D eigenvalue weighted by Gasteiger charge is 2.13. The SMILES string of the molecule is Cc1[nH]n(-c2cccc(N)c2)c(=O)c1N=Nc1ccccc1C(=O)O. The number of aromatic nitrogens is 2. The van der Waals surface area contributed by atoms with Gasteiger partial charge in [-0.1, -0.05) is 18.2 Å². The summed E-state index contributed by atoms with van der Waals surface area (Å²) in [6.45, 7) is 1.68. The third kappa shape index (κ3) is 3.18. The van der Waals surface area contributed by atoms with Gasteiger partial charge in [-0.15, -0.1) is 10.2 Å². The molecule has 1 aromatic heterocycles. The number of carboxylic acids is 1. The Kier molecular flexibility index (Phi) is 4.17. The molecule has 0 unspecified atom stereocenters. The van der Waals surface area contributed by atoms with Crippen LogP contribution in [0.15, 0.2) is 63.6 Å². The molecule has 0 aliphatic heterocycles. The zero-order chi connectivity index (χ0) is 18.0. The number of anilines is 1. The highest BCUT2D eigenvalue weighted by Crippen LogP contribution is 2.22. The Hall–Kier alpha value is -3.68. The van der Waals surface area contributed by atoms with Crippen molar-refractivity contribution in [2.75, 3.05) is 5.73 Å². The quantitative estimate of drug-likeness (QED) is 0.499. The van der Waals surface area contributed by atoms with Crippen LogP contribution < -0.4 is 11.3 Å². The Bertz CT molecular complexity index is 1030. The molecule has 2 aromatic carbocycles. The topological polar surface area (TPSA) is 126 Å². The molecule has 0 aliphatic carbocycles. The van der Waals surface area contributed by atoms with Crippen LogP contribution in [0.2, 0.25) is 0 Å². The van der Waals surface area contributed by atoms with E-state index in [-0.39, 0.29) is 16.9 Å². The summed E-state index contributed by atoms with van der Waals surface area (Å²) in [4.78, 5) is 23.8. The van der Waals surface area contributed by atoms with Crippen LogP contribution in [-0.4, -0.2) is 20.9 Å². The van der Waals surface area contributed by atoms with E-state index in [1.165, 1.54) is 16.8 Å². The molecule has 4 N–H and O–H groups in total. The van der Waals surface area contributed by atoms with Crippen molar-refractivity contribution in [3.8, 4) is 5.69 Å². The fourth-order valence-electron chi connectivity index (χ4n) is 2.35. The lowest BCUT2D eigenvalue weighted by molar-refractivity contribution is 0.0697. The summed E-state index contributed by atoms with van der Waals surface area (Å²) in [5.41, 5.74) is 7.22. The van der Waals surface area contributed by atoms with Crippen LogP contribution >= 0.6 is 0 Å². The maximum absolute atomic E-state index is 12.6. The molecule has 3 rings (SSSR count). The molecule has 0 radical (unpaired) electrons. The lowest BCUT2D eigenvalue weighted by Crippen LogP contribution is -2.14. The molecule has 0 saturated heterocycles. The van der Waals surface area contributed by atoms with Crippen molar-refractivity contribution in [1.29, 1.82) is 0 Å². The summed E-state index contributed by atoms with van der Waals surface area (Å²) in [7, 11) is 0. The van der Waals surface area contributed by atoms with Gasteiger partial charge in [0, 0.05) is 5.69 Å². The van der Waals surface area contributed by atoms with Gasteiger partial charge in [-0.3, -0.25) is 9.89 Å². The van der Waals surface area contributed by atoms with Crippen LogP contribution in [0.5, 0.6) is 0 Å². The van der Waals surface area contributed by atoms with Gasteiger partial charge in [0.2, 0.25) is 0 Å². The molecule has 8 nitrogen and oxygen atoms in total. The number of H-pyrrole nitrogens is 1. The zero-order valence-corrected chi connectivity index (χ0v) is 13.3. The number of carboxylic acid groups (broad SMARTS) is 1. The van der Waals surface area contributed by atoms with Gasteiger partial charge in [-0.05, 0) is 37.3 Å². The smallest absolute Gasteiger partial charge is 0.337 e. The fraction of sp³-hybridized carbons (Fsp3) is 0.0588. The Labute approximate surface area is 142 Å². The molecule has 3 aromatic rings. The van der Waals surface area contributed by atoms with E-state index in [9.17, 15) is 9.59 Å². The van der Waals surface area contributed by atoms with Crippen LogP contribution in [0.4, 0.5) is 17.1 Å². The van der Waals surface area contributed by atoms with Crippen molar-refractivity contribution >= 4 is 23.0 Å². The van der Waals surface area contributed by atoms with E-state index in [2.05, 4.69) is 15.3 Å². The number of aryl methyl sites for hydroxylation is 1. The Balaban J connectivity index is 2.03. The first-order chi connectivity index (χ1) is 12.0. The molecule has 8 heteroatoms. The van der Waals surface area contributed by atoms with Gasteiger partial charge < -0.3 is 10.8 Å². The van der Waals surface area contributed by atoms with Gasteiger partial charge >= 0.3 is 5.97 Å².